The summed E-state index contributed by atoms with van der Waals surface area (Å²) in [5.41, 5.74) is 2.42. The van der Waals surface area contributed by atoms with Gasteiger partial charge < -0.3 is 4.90 Å². The largest absolute Gasteiger partial charge is 0.364 e. The predicted molar refractivity (Wildman–Crippen MR) is 81.6 cm³/mol. The maximum absolute atomic E-state index is 5.82. The van der Waals surface area contributed by atoms with Crippen LogP contribution in [0.3, 0.4) is 0 Å². The van der Waals surface area contributed by atoms with E-state index < -0.39 is 0 Å². The van der Waals surface area contributed by atoms with E-state index in [1.165, 1.54) is 16.1 Å². The Labute approximate surface area is 118 Å². The van der Waals surface area contributed by atoms with Crippen LogP contribution in [0.1, 0.15) is 24.3 Å². The highest BCUT2D eigenvalue weighted by Gasteiger charge is 2.11. The molecule has 0 fully saturated rings. The van der Waals surface area contributed by atoms with E-state index in [0.717, 1.165) is 6.54 Å². The number of rotatable bonds is 5. The number of nitrogens with zero attached hydrogens (tertiary/aromatic N) is 1. The molecule has 0 radical (unpaired) electrons. The molecule has 0 amide bonds. The van der Waals surface area contributed by atoms with Gasteiger partial charge in [-0.15, -0.1) is 22.9 Å². The van der Waals surface area contributed by atoms with Crippen molar-refractivity contribution in [1.29, 1.82) is 0 Å². The quantitative estimate of drug-likeness (QED) is 0.704. The van der Waals surface area contributed by atoms with Gasteiger partial charge in [0.1, 0.15) is 0 Å². The lowest BCUT2D eigenvalue weighted by atomic mass is 10.2. The average molecular weight is 280 g/mol. The molecule has 2 rings (SSSR count). The van der Waals surface area contributed by atoms with Crippen molar-refractivity contribution in [3.05, 3.63) is 52.2 Å². The van der Waals surface area contributed by atoms with E-state index >= 15 is 0 Å². The summed E-state index contributed by atoms with van der Waals surface area (Å²) in [5, 5.41) is 2.13. The fourth-order valence-corrected chi connectivity index (χ4v) is 2.80. The molecular formula is C15H18ClNS. The Morgan fingerprint density at radius 1 is 1.17 bits per heavy atom. The van der Waals surface area contributed by atoms with Crippen molar-refractivity contribution >= 4 is 28.6 Å². The topological polar surface area (TPSA) is 3.24 Å². The summed E-state index contributed by atoms with van der Waals surface area (Å²) in [5.74, 6) is 0.576. The lowest BCUT2D eigenvalue weighted by Gasteiger charge is -2.28. The Morgan fingerprint density at radius 3 is 2.39 bits per heavy atom. The normalized spacial score (nSPS) is 10.9. The molecule has 0 spiro atoms. The minimum atomic E-state index is 0.481. The molecule has 0 aliphatic rings. The molecule has 18 heavy (non-hydrogen) atoms. The Hall–Kier alpha value is -0.990. The van der Waals surface area contributed by atoms with Crippen molar-refractivity contribution < 1.29 is 0 Å². The van der Waals surface area contributed by atoms with E-state index in [2.05, 4.69) is 60.5 Å². The van der Waals surface area contributed by atoms with Crippen LogP contribution in [0.4, 0.5) is 5.69 Å². The monoisotopic (exact) mass is 279 g/mol. The van der Waals surface area contributed by atoms with E-state index in [1.807, 2.05) is 11.3 Å². The third-order valence-corrected chi connectivity index (χ3v) is 4.12. The summed E-state index contributed by atoms with van der Waals surface area (Å²) < 4.78 is 0. The molecular weight excluding hydrogens is 262 g/mol. The molecule has 1 aromatic heterocycles. The van der Waals surface area contributed by atoms with Crippen molar-refractivity contribution in [2.45, 2.75) is 32.3 Å². The zero-order chi connectivity index (χ0) is 13.0. The van der Waals surface area contributed by atoms with Crippen LogP contribution in [0.2, 0.25) is 0 Å². The Bertz CT molecular complexity index is 462. The zero-order valence-corrected chi connectivity index (χ0v) is 12.3. The maximum Gasteiger partial charge on any atom is 0.0525 e. The average Bonchev–Trinajstić information content (AvgIpc) is 2.89. The lowest BCUT2D eigenvalue weighted by molar-refractivity contribution is 0.687. The van der Waals surface area contributed by atoms with E-state index in [0.29, 0.717) is 11.9 Å². The van der Waals surface area contributed by atoms with Gasteiger partial charge in [-0.05, 0) is 43.0 Å². The fraction of sp³-hybridized carbons (Fsp3) is 0.333. The summed E-state index contributed by atoms with van der Waals surface area (Å²) in [4.78, 5) is 3.80. The molecule has 0 aliphatic carbocycles. The summed E-state index contributed by atoms with van der Waals surface area (Å²) in [6, 6.07) is 13.3. The fourth-order valence-electron chi connectivity index (χ4n) is 1.92. The first-order valence-corrected chi connectivity index (χ1v) is 7.56. The number of halogens is 1. The van der Waals surface area contributed by atoms with E-state index in [1.54, 1.807) is 0 Å². The number of hydrogen-bond acceptors (Lipinski definition) is 2. The van der Waals surface area contributed by atoms with Crippen LogP contribution in [-0.2, 0) is 12.4 Å². The summed E-state index contributed by atoms with van der Waals surface area (Å²) in [6.07, 6.45) is 0. The van der Waals surface area contributed by atoms with Gasteiger partial charge >= 0.3 is 0 Å². The van der Waals surface area contributed by atoms with Gasteiger partial charge in [-0.25, -0.2) is 0 Å². The molecule has 0 N–H and O–H groups in total. The van der Waals surface area contributed by atoms with Crippen molar-refractivity contribution in [3.63, 3.8) is 0 Å². The molecule has 96 valence electrons. The van der Waals surface area contributed by atoms with Crippen LogP contribution in [0.15, 0.2) is 41.8 Å². The van der Waals surface area contributed by atoms with Gasteiger partial charge in [0.2, 0.25) is 0 Å². The van der Waals surface area contributed by atoms with Gasteiger partial charge in [-0.2, -0.15) is 0 Å². The van der Waals surface area contributed by atoms with Crippen LogP contribution in [0.5, 0.6) is 0 Å². The summed E-state index contributed by atoms with van der Waals surface area (Å²) in [6.45, 7) is 5.42. The molecule has 0 saturated heterocycles. The summed E-state index contributed by atoms with van der Waals surface area (Å²) >= 11 is 7.63. The second-order valence-corrected chi connectivity index (χ2v) is 5.90. The van der Waals surface area contributed by atoms with Gasteiger partial charge in [0, 0.05) is 22.5 Å². The molecule has 0 saturated carbocycles. The highest BCUT2D eigenvalue weighted by Crippen LogP contribution is 2.22. The molecule has 1 aromatic carbocycles. The SMILES string of the molecule is CC(C)N(Cc1cccs1)c1ccc(CCl)cc1. The zero-order valence-electron chi connectivity index (χ0n) is 10.8. The van der Waals surface area contributed by atoms with Crippen LogP contribution in [-0.4, -0.2) is 6.04 Å². The smallest absolute Gasteiger partial charge is 0.0525 e. The molecule has 3 heteroatoms. The van der Waals surface area contributed by atoms with Gasteiger partial charge in [0.15, 0.2) is 0 Å². The van der Waals surface area contributed by atoms with Crippen molar-refractivity contribution in [2.24, 2.45) is 0 Å². The minimum Gasteiger partial charge on any atom is -0.364 e. The van der Waals surface area contributed by atoms with E-state index in [-0.39, 0.29) is 0 Å². The number of thiophene rings is 1. The van der Waals surface area contributed by atoms with Crippen LogP contribution >= 0.6 is 22.9 Å². The van der Waals surface area contributed by atoms with Gasteiger partial charge in [-0.3, -0.25) is 0 Å². The number of benzene rings is 1. The first kappa shape index (κ1) is 13.4. The second kappa shape index (κ2) is 6.26. The van der Waals surface area contributed by atoms with Gasteiger partial charge in [0.25, 0.3) is 0 Å². The second-order valence-electron chi connectivity index (χ2n) is 4.60. The van der Waals surface area contributed by atoms with Crippen molar-refractivity contribution in [2.75, 3.05) is 4.90 Å². The number of hydrogen-bond donors (Lipinski definition) is 0. The third kappa shape index (κ3) is 3.27. The maximum atomic E-state index is 5.82. The molecule has 0 bridgehead atoms. The van der Waals surface area contributed by atoms with E-state index in [4.69, 9.17) is 11.6 Å². The van der Waals surface area contributed by atoms with Crippen molar-refractivity contribution in [1.82, 2.24) is 0 Å². The molecule has 0 atom stereocenters. The Morgan fingerprint density at radius 2 is 1.89 bits per heavy atom. The highest BCUT2D eigenvalue weighted by atomic mass is 35.5. The number of anilines is 1. The standard InChI is InChI=1S/C15H18ClNS/c1-12(2)17(11-15-4-3-9-18-15)14-7-5-13(10-16)6-8-14/h3-9,12H,10-11H2,1-2H3. The molecule has 0 unspecified atom stereocenters. The van der Waals surface area contributed by atoms with Crippen LogP contribution in [0.25, 0.3) is 0 Å². The third-order valence-electron chi connectivity index (χ3n) is 2.95. The predicted octanol–water partition coefficient (Wildman–Crippen LogP) is 4.90. The molecule has 2 aromatic rings. The van der Waals surface area contributed by atoms with Crippen LogP contribution < -0.4 is 4.90 Å². The summed E-state index contributed by atoms with van der Waals surface area (Å²) in [7, 11) is 0. The molecule has 0 aliphatic heterocycles. The first-order valence-electron chi connectivity index (χ1n) is 6.14. The minimum absolute atomic E-state index is 0.481. The van der Waals surface area contributed by atoms with E-state index in [9.17, 15) is 0 Å². The van der Waals surface area contributed by atoms with Crippen LogP contribution in [0, 0.1) is 0 Å². The van der Waals surface area contributed by atoms with Gasteiger partial charge in [-0.1, -0.05) is 18.2 Å². The lowest BCUT2D eigenvalue weighted by Crippen LogP contribution is -2.29. The van der Waals surface area contributed by atoms with Crippen molar-refractivity contribution in [3.8, 4) is 0 Å². The molecule has 1 nitrogen and oxygen atoms in total. The van der Waals surface area contributed by atoms with Gasteiger partial charge in [0.05, 0.1) is 6.54 Å². The Balaban J connectivity index is 2.18. The Kier molecular flexibility index (Phi) is 4.67. The first-order chi connectivity index (χ1) is 8.70. The molecule has 1 heterocycles. The highest BCUT2D eigenvalue weighted by molar-refractivity contribution is 7.09. The number of alkyl halides is 1.